The molecule has 108 valence electrons. The van der Waals surface area contributed by atoms with Crippen LogP contribution < -0.4 is 11.3 Å². The summed E-state index contributed by atoms with van der Waals surface area (Å²) >= 11 is 0. The Labute approximate surface area is 126 Å². The summed E-state index contributed by atoms with van der Waals surface area (Å²) in [7, 11) is 0. The number of nitrogens with two attached hydrogens (primary N) is 1. The number of anilines is 1. The highest BCUT2D eigenvalue weighted by Gasteiger charge is 2.26. The van der Waals surface area contributed by atoms with Crippen LogP contribution in [0.15, 0.2) is 23.0 Å². The molecule has 0 atom stereocenters. The summed E-state index contributed by atoms with van der Waals surface area (Å²) < 4.78 is 0. The Balaban J connectivity index is 2.37. The fraction of sp³-hybridized carbons (Fsp3) is 0.188. The molecular formula is C16H12N4O2. The lowest BCUT2D eigenvalue weighted by molar-refractivity contribution is 0.477. The van der Waals surface area contributed by atoms with Gasteiger partial charge in [-0.3, -0.25) is 4.79 Å². The van der Waals surface area contributed by atoms with Gasteiger partial charge in [0.1, 0.15) is 34.8 Å². The van der Waals surface area contributed by atoms with Crippen LogP contribution in [0.5, 0.6) is 5.75 Å². The number of nitriles is 2. The Morgan fingerprint density at radius 1 is 1.23 bits per heavy atom. The summed E-state index contributed by atoms with van der Waals surface area (Å²) in [5, 5.41) is 28.7. The first-order valence-electron chi connectivity index (χ1n) is 6.76. The van der Waals surface area contributed by atoms with Gasteiger partial charge in [0.2, 0.25) is 0 Å². The Bertz CT molecular complexity index is 911. The fourth-order valence-electron chi connectivity index (χ4n) is 2.54. The molecule has 22 heavy (non-hydrogen) atoms. The predicted octanol–water partition coefficient (Wildman–Crippen LogP) is 1.95. The van der Waals surface area contributed by atoms with Crippen molar-refractivity contribution in [3.63, 3.8) is 0 Å². The first-order valence-corrected chi connectivity index (χ1v) is 6.76. The second kappa shape index (κ2) is 4.94. The molecule has 0 amide bonds. The number of H-pyrrole nitrogens is 1. The topological polar surface area (TPSA) is 127 Å². The molecule has 1 fully saturated rings. The van der Waals surface area contributed by atoms with Crippen LogP contribution in [0.3, 0.4) is 0 Å². The van der Waals surface area contributed by atoms with Crippen molar-refractivity contribution in [1.29, 1.82) is 10.5 Å². The lowest BCUT2D eigenvalue weighted by atomic mass is 9.93. The van der Waals surface area contributed by atoms with Gasteiger partial charge in [-0.1, -0.05) is 6.07 Å². The second-order valence-corrected chi connectivity index (χ2v) is 5.27. The largest absolute Gasteiger partial charge is 0.507 e. The summed E-state index contributed by atoms with van der Waals surface area (Å²) in [6, 6.07) is 8.75. The molecule has 6 heteroatoms. The molecule has 0 aliphatic heterocycles. The van der Waals surface area contributed by atoms with E-state index in [1.807, 2.05) is 12.1 Å². The second-order valence-electron chi connectivity index (χ2n) is 5.27. The number of aromatic hydroxyl groups is 1. The molecule has 0 saturated heterocycles. The number of nitrogens with one attached hydrogen (secondary N) is 1. The van der Waals surface area contributed by atoms with E-state index in [-0.39, 0.29) is 33.8 Å². The zero-order valence-corrected chi connectivity index (χ0v) is 11.6. The molecule has 3 rings (SSSR count). The van der Waals surface area contributed by atoms with Crippen LogP contribution in [0.4, 0.5) is 5.82 Å². The van der Waals surface area contributed by atoms with Crippen LogP contribution >= 0.6 is 0 Å². The normalized spacial score (nSPS) is 13.4. The van der Waals surface area contributed by atoms with Gasteiger partial charge < -0.3 is 15.8 Å². The van der Waals surface area contributed by atoms with E-state index in [4.69, 9.17) is 5.73 Å². The third-order valence-electron chi connectivity index (χ3n) is 3.81. The van der Waals surface area contributed by atoms with E-state index in [0.717, 1.165) is 18.4 Å². The van der Waals surface area contributed by atoms with E-state index in [2.05, 4.69) is 4.98 Å². The SMILES string of the molecule is N#Cc1c(N)[nH]c(=O)c(C#N)c1-c1cc(C2CC2)ccc1O. The predicted molar refractivity (Wildman–Crippen MR) is 80.0 cm³/mol. The Hall–Kier alpha value is -3.25. The first kappa shape index (κ1) is 13.7. The van der Waals surface area contributed by atoms with Crippen LogP contribution in [-0.4, -0.2) is 10.1 Å². The number of phenols is 1. The highest BCUT2D eigenvalue weighted by Crippen LogP contribution is 2.43. The number of aromatic amines is 1. The minimum absolute atomic E-state index is 0.0144. The minimum atomic E-state index is -0.676. The molecule has 1 saturated carbocycles. The van der Waals surface area contributed by atoms with Gasteiger partial charge >= 0.3 is 0 Å². The quantitative estimate of drug-likeness (QED) is 0.779. The maximum atomic E-state index is 11.9. The summed E-state index contributed by atoms with van der Waals surface area (Å²) in [6.45, 7) is 0. The van der Waals surface area contributed by atoms with Crippen LogP contribution in [0.1, 0.15) is 35.4 Å². The fourth-order valence-corrected chi connectivity index (χ4v) is 2.54. The molecular weight excluding hydrogens is 280 g/mol. The van der Waals surface area contributed by atoms with E-state index in [9.17, 15) is 20.4 Å². The van der Waals surface area contributed by atoms with Crippen LogP contribution in [-0.2, 0) is 0 Å². The van der Waals surface area contributed by atoms with Gasteiger partial charge in [0.15, 0.2) is 0 Å². The van der Waals surface area contributed by atoms with E-state index in [0.29, 0.717) is 5.92 Å². The molecule has 1 aromatic carbocycles. The van der Waals surface area contributed by atoms with Crippen molar-refractivity contribution in [3.8, 4) is 29.0 Å². The number of hydrogen-bond acceptors (Lipinski definition) is 5. The number of nitrogens with zero attached hydrogens (tertiary/aromatic N) is 2. The summed E-state index contributed by atoms with van der Waals surface area (Å²) in [6.07, 6.45) is 2.13. The van der Waals surface area contributed by atoms with Crippen molar-refractivity contribution in [2.75, 3.05) is 5.73 Å². The zero-order valence-electron chi connectivity index (χ0n) is 11.6. The molecule has 0 unspecified atom stereocenters. The Morgan fingerprint density at radius 2 is 1.91 bits per heavy atom. The summed E-state index contributed by atoms with van der Waals surface area (Å²) in [5.41, 5.74) is 6.16. The summed E-state index contributed by atoms with van der Waals surface area (Å²) in [5.74, 6) is 0.217. The minimum Gasteiger partial charge on any atom is -0.507 e. The number of nitrogen functional groups attached to an aromatic ring is 1. The monoisotopic (exact) mass is 292 g/mol. The van der Waals surface area contributed by atoms with Gasteiger partial charge in [-0.25, -0.2) is 0 Å². The van der Waals surface area contributed by atoms with E-state index in [1.165, 1.54) is 6.07 Å². The van der Waals surface area contributed by atoms with E-state index in [1.54, 1.807) is 12.1 Å². The molecule has 2 aromatic rings. The lowest BCUT2D eigenvalue weighted by Crippen LogP contribution is -2.16. The van der Waals surface area contributed by atoms with Crippen molar-refractivity contribution in [1.82, 2.24) is 4.98 Å². The smallest absolute Gasteiger partial charge is 0.268 e. The molecule has 4 N–H and O–H groups in total. The number of aromatic nitrogens is 1. The zero-order chi connectivity index (χ0) is 15.9. The maximum Gasteiger partial charge on any atom is 0.268 e. The van der Waals surface area contributed by atoms with Crippen molar-refractivity contribution in [2.45, 2.75) is 18.8 Å². The summed E-state index contributed by atoms with van der Waals surface area (Å²) in [4.78, 5) is 14.2. The molecule has 0 radical (unpaired) electrons. The highest BCUT2D eigenvalue weighted by molar-refractivity contribution is 5.83. The first-order chi connectivity index (χ1) is 10.6. The molecule has 6 nitrogen and oxygen atoms in total. The highest BCUT2D eigenvalue weighted by atomic mass is 16.3. The third kappa shape index (κ3) is 2.07. The van der Waals surface area contributed by atoms with Gasteiger partial charge in [0, 0.05) is 11.1 Å². The average Bonchev–Trinajstić information content (AvgIpc) is 3.32. The number of pyridine rings is 1. The van der Waals surface area contributed by atoms with Crippen molar-refractivity contribution >= 4 is 5.82 Å². The number of rotatable bonds is 2. The average molecular weight is 292 g/mol. The standard InChI is InChI=1S/C16H12N4O2/c17-6-11-14(12(7-18)16(22)20-15(11)19)10-5-9(8-1-2-8)3-4-13(10)21/h3-5,8,21H,1-2H2,(H3,19,20,22). The molecule has 0 spiro atoms. The van der Waals surface area contributed by atoms with Crippen LogP contribution in [0, 0.1) is 22.7 Å². The van der Waals surface area contributed by atoms with Gasteiger partial charge in [0.25, 0.3) is 5.56 Å². The van der Waals surface area contributed by atoms with Gasteiger partial charge in [-0.15, -0.1) is 0 Å². The van der Waals surface area contributed by atoms with Crippen LogP contribution in [0.2, 0.25) is 0 Å². The van der Waals surface area contributed by atoms with Crippen molar-refractivity contribution in [3.05, 3.63) is 45.2 Å². The van der Waals surface area contributed by atoms with Crippen molar-refractivity contribution < 1.29 is 5.11 Å². The lowest BCUT2D eigenvalue weighted by Gasteiger charge is -2.12. The molecule has 0 bridgehead atoms. The molecule has 1 aromatic heterocycles. The van der Waals surface area contributed by atoms with E-state index >= 15 is 0 Å². The number of phenolic OH excluding ortho intramolecular Hbond substituents is 1. The van der Waals surface area contributed by atoms with Crippen molar-refractivity contribution in [2.24, 2.45) is 0 Å². The maximum absolute atomic E-state index is 11.9. The van der Waals surface area contributed by atoms with Gasteiger partial charge in [-0.2, -0.15) is 10.5 Å². The van der Waals surface area contributed by atoms with Gasteiger partial charge in [0.05, 0.1) is 0 Å². The molecule has 1 heterocycles. The number of hydrogen-bond donors (Lipinski definition) is 3. The third-order valence-corrected chi connectivity index (χ3v) is 3.81. The Kier molecular flexibility index (Phi) is 3.08. The molecule has 1 aliphatic rings. The Morgan fingerprint density at radius 3 is 2.50 bits per heavy atom. The van der Waals surface area contributed by atoms with Gasteiger partial charge in [-0.05, 0) is 36.5 Å². The molecule has 1 aliphatic carbocycles. The number of benzene rings is 1. The van der Waals surface area contributed by atoms with E-state index < -0.39 is 5.56 Å². The van der Waals surface area contributed by atoms with Crippen LogP contribution in [0.25, 0.3) is 11.1 Å².